The minimum Gasteiger partial charge on any atom is -0.395 e. The topological polar surface area (TPSA) is 35.5 Å². The van der Waals surface area contributed by atoms with Gasteiger partial charge in [-0.2, -0.15) is 0 Å². The quantitative estimate of drug-likeness (QED) is 0.773. The van der Waals surface area contributed by atoms with E-state index in [0.717, 1.165) is 30.5 Å². The first-order chi connectivity index (χ1) is 8.67. The molecule has 0 spiro atoms. The number of benzene rings is 1. The van der Waals surface area contributed by atoms with Gasteiger partial charge in [0, 0.05) is 17.1 Å². The molecule has 3 nitrogen and oxygen atoms in total. The Balaban J connectivity index is 2.56. The summed E-state index contributed by atoms with van der Waals surface area (Å²) in [5.74, 6) is 0. The zero-order chi connectivity index (χ0) is 13.4. The molecule has 0 heterocycles. The Morgan fingerprint density at radius 3 is 2.50 bits per heavy atom. The third kappa shape index (κ3) is 5.48. The third-order valence-corrected chi connectivity index (χ3v) is 3.53. The Morgan fingerprint density at radius 1 is 1.28 bits per heavy atom. The normalized spacial score (nSPS) is 12.9. The van der Waals surface area contributed by atoms with Crippen molar-refractivity contribution in [3.05, 3.63) is 34.3 Å². The molecule has 2 N–H and O–H groups in total. The molecule has 0 aliphatic carbocycles. The van der Waals surface area contributed by atoms with Crippen molar-refractivity contribution in [2.24, 2.45) is 0 Å². The molecule has 0 fully saturated rings. The zero-order valence-electron chi connectivity index (χ0n) is 11.2. The summed E-state index contributed by atoms with van der Waals surface area (Å²) < 4.78 is 1.11. The third-order valence-electron chi connectivity index (χ3n) is 3.00. The molecule has 0 aliphatic rings. The SMILES string of the molecule is CCNC(CCN(C)CCO)c1ccc(Br)cc1. The largest absolute Gasteiger partial charge is 0.395 e. The van der Waals surface area contributed by atoms with Crippen LogP contribution in [0.3, 0.4) is 0 Å². The maximum atomic E-state index is 8.89. The monoisotopic (exact) mass is 314 g/mol. The molecular weight excluding hydrogens is 292 g/mol. The van der Waals surface area contributed by atoms with Crippen LogP contribution in [0, 0.1) is 0 Å². The van der Waals surface area contributed by atoms with Gasteiger partial charge in [0.05, 0.1) is 6.61 Å². The lowest BCUT2D eigenvalue weighted by Crippen LogP contribution is -2.28. The Hall–Kier alpha value is -0.420. The van der Waals surface area contributed by atoms with Crippen molar-refractivity contribution >= 4 is 15.9 Å². The highest BCUT2D eigenvalue weighted by Crippen LogP contribution is 2.19. The molecule has 102 valence electrons. The smallest absolute Gasteiger partial charge is 0.0558 e. The van der Waals surface area contributed by atoms with Crippen LogP contribution in [0.25, 0.3) is 0 Å². The van der Waals surface area contributed by atoms with Gasteiger partial charge in [0.15, 0.2) is 0 Å². The summed E-state index contributed by atoms with van der Waals surface area (Å²) in [5, 5.41) is 12.4. The van der Waals surface area contributed by atoms with E-state index in [9.17, 15) is 0 Å². The van der Waals surface area contributed by atoms with E-state index in [1.807, 2.05) is 7.05 Å². The van der Waals surface area contributed by atoms with Gasteiger partial charge in [0.25, 0.3) is 0 Å². The minimum absolute atomic E-state index is 0.223. The summed E-state index contributed by atoms with van der Waals surface area (Å²) in [7, 11) is 2.04. The average molecular weight is 315 g/mol. The zero-order valence-corrected chi connectivity index (χ0v) is 12.8. The molecule has 0 aliphatic heterocycles. The molecule has 4 heteroatoms. The van der Waals surface area contributed by atoms with Gasteiger partial charge in [-0.1, -0.05) is 35.0 Å². The summed E-state index contributed by atoms with van der Waals surface area (Å²) in [5.41, 5.74) is 1.32. The number of rotatable bonds is 8. The number of likely N-dealkylation sites (N-methyl/N-ethyl adjacent to an activating group) is 1. The van der Waals surface area contributed by atoms with Crippen LogP contribution in [0.2, 0.25) is 0 Å². The van der Waals surface area contributed by atoms with Crippen LogP contribution in [0.1, 0.15) is 24.9 Å². The summed E-state index contributed by atoms with van der Waals surface area (Å²) in [6.07, 6.45) is 1.05. The van der Waals surface area contributed by atoms with Crippen molar-refractivity contribution in [2.75, 3.05) is 33.3 Å². The minimum atomic E-state index is 0.223. The fraction of sp³-hybridized carbons (Fsp3) is 0.571. The Bertz CT molecular complexity index is 329. The van der Waals surface area contributed by atoms with Gasteiger partial charge in [0.2, 0.25) is 0 Å². The molecule has 18 heavy (non-hydrogen) atoms. The standard InChI is InChI=1S/C14H23BrN2O/c1-3-16-14(8-9-17(2)10-11-18)12-4-6-13(15)7-5-12/h4-7,14,16,18H,3,8-11H2,1-2H3. The number of nitrogens with zero attached hydrogens (tertiary/aromatic N) is 1. The lowest BCUT2D eigenvalue weighted by atomic mass is 10.0. The maximum Gasteiger partial charge on any atom is 0.0558 e. The molecule has 0 radical (unpaired) electrons. The highest BCUT2D eigenvalue weighted by Gasteiger charge is 2.11. The van der Waals surface area contributed by atoms with E-state index in [1.165, 1.54) is 5.56 Å². The predicted octanol–water partition coefficient (Wildman–Crippen LogP) is 2.41. The second-order valence-corrected chi connectivity index (χ2v) is 5.39. The molecule has 0 saturated carbocycles. The second-order valence-electron chi connectivity index (χ2n) is 4.48. The van der Waals surface area contributed by atoms with Gasteiger partial charge in [-0.25, -0.2) is 0 Å². The summed E-state index contributed by atoms with van der Waals surface area (Å²) in [4.78, 5) is 2.16. The molecule has 1 atom stereocenters. The molecule has 1 aromatic rings. The van der Waals surface area contributed by atoms with E-state index in [1.54, 1.807) is 0 Å². The first-order valence-corrected chi connectivity index (χ1v) is 7.25. The molecule has 0 aromatic heterocycles. The Kier molecular flexibility index (Phi) is 7.51. The van der Waals surface area contributed by atoms with Crippen molar-refractivity contribution in [1.82, 2.24) is 10.2 Å². The van der Waals surface area contributed by atoms with E-state index in [-0.39, 0.29) is 6.61 Å². The predicted molar refractivity (Wildman–Crippen MR) is 79.8 cm³/mol. The first kappa shape index (κ1) is 15.6. The average Bonchev–Trinajstić information content (AvgIpc) is 2.36. The van der Waals surface area contributed by atoms with Crippen LogP contribution in [0.4, 0.5) is 0 Å². The summed E-state index contributed by atoms with van der Waals surface area (Å²) in [6, 6.07) is 8.85. The van der Waals surface area contributed by atoms with Crippen molar-refractivity contribution in [2.45, 2.75) is 19.4 Å². The van der Waals surface area contributed by atoms with Crippen molar-refractivity contribution < 1.29 is 5.11 Å². The molecule has 1 unspecified atom stereocenters. The molecule has 1 rings (SSSR count). The first-order valence-electron chi connectivity index (χ1n) is 6.45. The fourth-order valence-electron chi connectivity index (χ4n) is 1.96. The number of hydrogen-bond acceptors (Lipinski definition) is 3. The van der Waals surface area contributed by atoms with E-state index in [0.29, 0.717) is 6.04 Å². The number of hydrogen-bond donors (Lipinski definition) is 2. The molecule has 1 aromatic carbocycles. The number of nitrogens with one attached hydrogen (secondary N) is 1. The number of aliphatic hydroxyl groups is 1. The van der Waals surface area contributed by atoms with Crippen LogP contribution in [0.5, 0.6) is 0 Å². The Labute approximate surface area is 118 Å². The van der Waals surface area contributed by atoms with E-state index in [4.69, 9.17) is 5.11 Å². The van der Waals surface area contributed by atoms with Gasteiger partial charge in [-0.05, 0) is 44.3 Å². The lowest BCUT2D eigenvalue weighted by molar-refractivity contribution is 0.215. The van der Waals surface area contributed by atoms with Crippen LogP contribution in [-0.2, 0) is 0 Å². The number of aliphatic hydroxyl groups excluding tert-OH is 1. The highest BCUT2D eigenvalue weighted by atomic mass is 79.9. The highest BCUT2D eigenvalue weighted by molar-refractivity contribution is 9.10. The molecule has 0 bridgehead atoms. The van der Waals surface area contributed by atoms with Crippen LogP contribution in [-0.4, -0.2) is 43.3 Å². The van der Waals surface area contributed by atoms with Gasteiger partial charge in [0.1, 0.15) is 0 Å². The van der Waals surface area contributed by atoms with Crippen molar-refractivity contribution in [1.29, 1.82) is 0 Å². The lowest BCUT2D eigenvalue weighted by Gasteiger charge is -2.22. The summed E-state index contributed by atoms with van der Waals surface area (Å²) in [6.45, 7) is 5.03. The maximum absolute atomic E-state index is 8.89. The Morgan fingerprint density at radius 2 is 1.94 bits per heavy atom. The van der Waals surface area contributed by atoms with Gasteiger partial charge in [-0.3, -0.25) is 0 Å². The van der Waals surface area contributed by atoms with Gasteiger partial charge in [-0.15, -0.1) is 0 Å². The van der Waals surface area contributed by atoms with Crippen LogP contribution >= 0.6 is 15.9 Å². The van der Waals surface area contributed by atoms with Gasteiger partial charge >= 0.3 is 0 Å². The van der Waals surface area contributed by atoms with Gasteiger partial charge < -0.3 is 15.3 Å². The van der Waals surface area contributed by atoms with E-state index < -0.39 is 0 Å². The molecular formula is C14H23BrN2O. The molecule has 0 saturated heterocycles. The van der Waals surface area contributed by atoms with Crippen LogP contribution < -0.4 is 5.32 Å². The van der Waals surface area contributed by atoms with Crippen molar-refractivity contribution in [3.8, 4) is 0 Å². The van der Waals surface area contributed by atoms with E-state index >= 15 is 0 Å². The second kappa shape index (κ2) is 8.64. The fourth-order valence-corrected chi connectivity index (χ4v) is 2.22. The number of halogens is 1. The van der Waals surface area contributed by atoms with Crippen molar-refractivity contribution in [3.63, 3.8) is 0 Å². The summed E-state index contributed by atoms with van der Waals surface area (Å²) >= 11 is 3.46. The van der Waals surface area contributed by atoms with E-state index in [2.05, 4.69) is 57.3 Å². The van der Waals surface area contributed by atoms with Crippen LogP contribution in [0.15, 0.2) is 28.7 Å². The molecule has 0 amide bonds.